The van der Waals surface area contributed by atoms with E-state index in [0.29, 0.717) is 33.6 Å². The van der Waals surface area contributed by atoms with Gasteiger partial charge in [-0.3, -0.25) is 14.3 Å². The highest BCUT2D eigenvalue weighted by molar-refractivity contribution is 7.92. The number of nitrogens with one attached hydrogen (secondary N) is 2. The van der Waals surface area contributed by atoms with Crippen LogP contribution in [-0.4, -0.2) is 70.8 Å². The summed E-state index contributed by atoms with van der Waals surface area (Å²) in [5, 5.41) is 3.72. The Morgan fingerprint density at radius 1 is 0.938 bits per heavy atom. The number of ether oxygens (including phenoxy) is 1. The minimum Gasteiger partial charge on any atom is -0.463 e. The molecule has 11 nitrogen and oxygen atoms in total. The summed E-state index contributed by atoms with van der Waals surface area (Å²) in [4.78, 5) is 29.9. The van der Waals surface area contributed by atoms with Crippen LogP contribution in [0.25, 0.3) is 11.0 Å². The number of carbonyl (C=O) groups excluding carboxylic acids is 2. The zero-order valence-electron chi connectivity index (χ0n) is 27.3. The summed E-state index contributed by atoms with van der Waals surface area (Å²) in [5.41, 5.74) is 9.10. The van der Waals surface area contributed by atoms with E-state index in [1.54, 1.807) is 44.2 Å². The largest absolute Gasteiger partial charge is 0.463 e. The fraction of sp³-hybridized carbons (Fsp3) is 0.529. The fourth-order valence-electron chi connectivity index (χ4n) is 6.44. The number of alkyl halides is 2. The van der Waals surface area contributed by atoms with Crippen molar-refractivity contribution in [2.75, 3.05) is 58.4 Å². The Morgan fingerprint density at radius 2 is 1.58 bits per heavy atom. The van der Waals surface area contributed by atoms with Crippen LogP contribution in [0.5, 0.6) is 0 Å². The van der Waals surface area contributed by atoms with E-state index in [2.05, 4.69) is 14.9 Å². The average molecular weight is 688 g/mol. The maximum atomic E-state index is 13.9. The predicted octanol–water partition coefficient (Wildman–Crippen LogP) is 5.57. The molecule has 2 aromatic carbocycles. The van der Waals surface area contributed by atoms with Gasteiger partial charge in [-0.1, -0.05) is 13.8 Å². The van der Waals surface area contributed by atoms with Gasteiger partial charge in [-0.2, -0.15) is 0 Å². The number of anilines is 4. The van der Waals surface area contributed by atoms with E-state index in [0.717, 1.165) is 31.3 Å². The van der Waals surface area contributed by atoms with E-state index < -0.39 is 39.6 Å². The Balaban J connectivity index is 1.21. The molecule has 0 bridgehead atoms. The van der Waals surface area contributed by atoms with E-state index in [1.807, 2.05) is 4.90 Å². The molecule has 4 N–H and O–H groups in total. The van der Waals surface area contributed by atoms with E-state index in [4.69, 9.17) is 14.9 Å². The molecule has 1 aromatic heterocycles. The summed E-state index contributed by atoms with van der Waals surface area (Å²) >= 11 is 0. The van der Waals surface area contributed by atoms with Crippen LogP contribution < -0.4 is 25.6 Å². The molecule has 0 unspecified atom stereocenters. The summed E-state index contributed by atoms with van der Waals surface area (Å²) in [6.07, 6.45) is 5.39. The number of benzene rings is 2. The number of furan rings is 1. The van der Waals surface area contributed by atoms with Crippen molar-refractivity contribution >= 4 is 55.6 Å². The van der Waals surface area contributed by atoms with E-state index in [1.165, 1.54) is 25.2 Å². The Bertz CT molecular complexity index is 1770. The number of rotatable bonds is 11. The number of hydrogen-bond acceptors (Lipinski definition) is 9. The number of nitrogens with two attached hydrogens (primary N) is 1. The molecule has 2 aliphatic heterocycles. The van der Waals surface area contributed by atoms with Gasteiger partial charge in [-0.25, -0.2) is 17.2 Å². The molecule has 14 heteroatoms. The second kappa shape index (κ2) is 13.2. The summed E-state index contributed by atoms with van der Waals surface area (Å²) in [7, 11) is -3.90. The molecule has 6 rings (SSSR count). The minimum atomic E-state index is -3.90. The highest BCUT2D eigenvalue weighted by Crippen LogP contribution is 2.54. The van der Waals surface area contributed by atoms with Crippen LogP contribution in [-0.2, 0) is 19.6 Å². The molecule has 3 fully saturated rings. The molecular formula is C34H43F2N5O6S. The van der Waals surface area contributed by atoms with Crippen LogP contribution in [0.4, 0.5) is 31.5 Å². The molecule has 2 saturated heterocycles. The number of sulfonamides is 1. The Labute approximate surface area is 279 Å². The highest BCUT2D eigenvalue weighted by atomic mass is 32.2. The molecule has 1 atom stereocenters. The minimum absolute atomic E-state index is 0.146. The lowest BCUT2D eigenvalue weighted by atomic mass is 9.93. The zero-order chi connectivity index (χ0) is 34.3. The maximum Gasteiger partial charge on any atom is 0.323 e. The lowest BCUT2D eigenvalue weighted by Gasteiger charge is -2.35. The molecule has 1 amide bonds. The second-order valence-corrected chi connectivity index (χ2v) is 15.6. The van der Waals surface area contributed by atoms with Gasteiger partial charge in [-0.05, 0) is 73.4 Å². The first-order chi connectivity index (χ1) is 22.7. The average Bonchev–Trinajstić information content (AvgIpc) is 3.61. The normalized spacial score (nSPS) is 19.4. The first-order valence-corrected chi connectivity index (χ1v) is 18.2. The zero-order valence-corrected chi connectivity index (χ0v) is 28.1. The number of halogens is 2. The molecule has 260 valence electrons. The van der Waals surface area contributed by atoms with Crippen LogP contribution in [0, 0.1) is 11.3 Å². The third kappa shape index (κ3) is 7.70. The molecule has 3 heterocycles. The van der Waals surface area contributed by atoms with Gasteiger partial charge >= 0.3 is 5.97 Å². The smallest absolute Gasteiger partial charge is 0.323 e. The maximum absolute atomic E-state index is 13.9. The van der Waals surface area contributed by atoms with Gasteiger partial charge in [0, 0.05) is 50.1 Å². The Hall–Kier alpha value is -3.91. The number of esters is 1. The third-order valence-electron chi connectivity index (χ3n) is 9.85. The molecule has 0 radical (unpaired) electrons. The number of nitrogens with zero attached hydrogens (tertiary/aromatic N) is 2. The predicted molar refractivity (Wildman–Crippen MR) is 181 cm³/mol. The van der Waals surface area contributed by atoms with Gasteiger partial charge in [0.2, 0.25) is 10.0 Å². The van der Waals surface area contributed by atoms with Crippen LogP contribution in [0.2, 0.25) is 0 Å². The second-order valence-electron chi connectivity index (χ2n) is 13.7. The molecular weight excluding hydrogens is 644 g/mol. The number of piperidine rings is 2. The van der Waals surface area contributed by atoms with Crippen LogP contribution >= 0.6 is 0 Å². The van der Waals surface area contributed by atoms with Crippen molar-refractivity contribution in [2.45, 2.75) is 64.3 Å². The number of carbonyl (C=O) groups is 2. The molecule has 48 heavy (non-hydrogen) atoms. The summed E-state index contributed by atoms with van der Waals surface area (Å²) in [6.45, 7) is 4.97. The third-order valence-corrected chi connectivity index (χ3v) is 11.1. The van der Waals surface area contributed by atoms with Crippen molar-refractivity contribution in [3.8, 4) is 0 Å². The van der Waals surface area contributed by atoms with Crippen molar-refractivity contribution in [3.05, 3.63) is 48.2 Å². The lowest BCUT2D eigenvalue weighted by Crippen LogP contribution is -2.39. The number of fused-ring (bicyclic) bond motifs is 1. The van der Waals surface area contributed by atoms with Crippen molar-refractivity contribution in [1.29, 1.82) is 0 Å². The molecule has 1 saturated carbocycles. The summed E-state index contributed by atoms with van der Waals surface area (Å²) in [6, 6.07) is 9.23. The molecule has 1 spiro atoms. The van der Waals surface area contributed by atoms with E-state index in [9.17, 15) is 26.8 Å². The summed E-state index contributed by atoms with van der Waals surface area (Å²) < 4.78 is 67.0. The Morgan fingerprint density at radius 3 is 2.25 bits per heavy atom. The van der Waals surface area contributed by atoms with Crippen molar-refractivity contribution in [2.24, 2.45) is 17.1 Å². The molecule has 3 aliphatic rings. The fourth-order valence-corrected chi connectivity index (χ4v) is 7.33. The van der Waals surface area contributed by atoms with Gasteiger partial charge in [0.05, 0.1) is 28.9 Å². The lowest BCUT2D eigenvalue weighted by molar-refractivity contribution is -0.145. The van der Waals surface area contributed by atoms with E-state index in [-0.39, 0.29) is 44.1 Å². The monoisotopic (exact) mass is 687 g/mol. The van der Waals surface area contributed by atoms with Crippen LogP contribution in [0.1, 0.15) is 62.7 Å². The van der Waals surface area contributed by atoms with Gasteiger partial charge < -0.3 is 30.0 Å². The van der Waals surface area contributed by atoms with Gasteiger partial charge in [0.1, 0.15) is 18.4 Å². The first-order valence-electron chi connectivity index (χ1n) is 16.5. The topological polar surface area (TPSA) is 147 Å². The Kier molecular flexibility index (Phi) is 9.33. The SMILES string of the molecule is CC(C)[C@@H](N)C(=O)OCCS(=O)(=O)Nc1ccc(C(=O)Nc2cc(N3CCC(F)(F)CC3)c3occc3c2)c(N2CCC3(CC2)CC3)c1. The van der Waals surface area contributed by atoms with Gasteiger partial charge in [0.25, 0.3) is 11.8 Å². The van der Waals surface area contributed by atoms with Crippen LogP contribution in [0.3, 0.4) is 0 Å². The van der Waals surface area contributed by atoms with E-state index >= 15 is 0 Å². The molecule has 3 aromatic rings. The standard InChI is InChI=1S/C34H43F2N5O6S/c1-22(2)29(37)32(43)47-17-18-48(44,45)39-24-3-4-26(27(20-24)40-12-8-33(6-7-33)9-13-40)31(42)38-25-19-23-5-16-46-30(23)28(21-25)41-14-10-34(35,36)11-15-41/h3-5,16,19-22,29,39H,6-15,17-18,37H2,1-2H3,(H,38,42)/t29-/m1/s1. The first kappa shape index (κ1) is 34.0. The molecule has 1 aliphatic carbocycles. The number of amides is 1. The summed E-state index contributed by atoms with van der Waals surface area (Å²) in [5.74, 6) is -4.36. The number of hydrogen-bond donors (Lipinski definition) is 3. The van der Waals surface area contributed by atoms with Crippen molar-refractivity contribution in [1.82, 2.24) is 0 Å². The van der Waals surface area contributed by atoms with Crippen LogP contribution in [0.15, 0.2) is 47.1 Å². The van der Waals surface area contributed by atoms with Crippen molar-refractivity contribution < 1.29 is 35.9 Å². The van der Waals surface area contributed by atoms with Crippen molar-refractivity contribution in [3.63, 3.8) is 0 Å². The quantitative estimate of drug-likeness (QED) is 0.220. The highest BCUT2D eigenvalue weighted by Gasteiger charge is 2.44. The van der Waals surface area contributed by atoms with Gasteiger partial charge in [0.15, 0.2) is 5.58 Å². The van der Waals surface area contributed by atoms with Gasteiger partial charge in [-0.15, -0.1) is 0 Å².